The molecule has 4 heteroatoms. The lowest BCUT2D eigenvalue weighted by Crippen LogP contribution is -2.23. The molecule has 0 aliphatic carbocycles. The molecule has 0 saturated heterocycles. The summed E-state index contributed by atoms with van der Waals surface area (Å²) in [7, 11) is 0. The van der Waals surface area contributed by atoms with Crippen LogP contribution in [0.15, 0.2) is 45.5 Å². The van der Waals surface area contributed by atoms with Crippen molar-refractivity contribution < 1.29 is 8.81 Å². The van der Waals surface area contributed by atoms with Crippen molar-refractivity contribution in [3.05, 3.63) is 58.2 Å². The first kappa shape index (κ1) is 14.3. The zero-order valence-corrected chi connectivity index (χ0v) is 12.8. The minimum atomic E-state index is -0.231. The fourth-order valence-electron chi connectivity index (χ4n) is 2.44. The second-order valence-corrected chi connectivity index (χ2v) is 5.95. The molecule has 0 amide bonds. The molecule has 0 fully saturated rings. The molecule has 0 spiro atoms. The van der Waals surface area contributed by atoms with Crippen molar-refractivity contribution in [1.29, 1.82) is 0 Å². The maximum atomic E-state index is 13.3. The predicted octanol–water partition coefficient (Wildman–Crippen LogP) is 4.92. The molecule has 2 aromatic heterocycles. The van der Waals surface area contributed by atoms with E-state index in [4.69, 9.17) is 4.42 Å². The topological polar surface area (TPSA) is 25.2 Å². The lowest BCUT2D eigenvalue weighted by atomic mass is 10.1. The van der Waals surface area contributed by atoms with Crippen LogP contribution in [-0.4, -0.2) is 6.54 Å². The minimum absolute atomic E-state index is 0.120. The van der Waals surface area contributed by atoms with Crippen molar-refractivity contribution in [3.63, 3.8) is 0 Å². The summed E-state index contributed by atoms with van der Waals surface area (Å²) in [5.41, 5.74) is 2.03. The summed E-state index contributed by atoms with van der Waals surface area (Å²) in [5, 5.41) is 8.57. The van der Waals surface area contributed by atoms with Crippen LogP contribution in [0.25, 0.3) is 11.0 Å². The zero-order chi connectivity index (χ0) is 14.7. The maximum Gasteiger partial charge on any atom is 0.134 e. The average Bonchev–Trinajstić information content (AvgIpc) is 3.11. The molecule has 1 unspecified atom stereocenters. The molecular formula is C17H18FNOS. The van der Waals surface area contributed by atoms with Gasteiger partial charge in [-0.2, -0.15) is 11.3 Å². The molecule has 1 N–H and O–H groups in total. The van der Waals surface area contributed by atoms with Gasteiger partial charge in [0.1, 0.15) is 17.2 Å². The van der Waals surface area contributed by atoms with Crippen LogP contribution in [0.2, 0.25) is 0 Å². The van der Waals surface area contributed by atoms with Crippen LogP contribution in [0, 0.1) is 5.82 Å². The van der Waals surface area contributed by atoms with Gasteiger partial charge in [0, 0.05) is 5.39 Å². The number of halogens is 1. The Morgan fingerprint density at radius 2 is 2.19 bits per heavy atom. The molecule has 2 heterocycles. The Labute approximate surface area is 127 Å². The first-order valence-electron chi connectivity index (χ1n) is 7.19. The predicted molar refractivity (Wildman–Crippen MR) is 85.2 cm³/mol. The van der Waals surface area contributed by atoms with Gasteiger partial charge < -0.3 is 9.73 Å². The van der Waals surface area contributed by atoms with Crippen molar-refractivity contribution in [1.82, 2.24) is 5.32 Å². The molecule has 21 heavy (non-hydrogen) atoms. The normalized spacial score (nSPS) is 12.9. The second kappa shape index (κ2) is 6.41. The van der Waals surface area contributed by atoms with Crippen molar-refractivity contribution in [2.75, 3.05) is 6.54 Å². The first-order chi connectivity index (χ1) is 10.3. The molecular weight excluding hydrogens is 285 g/mol. The Morgan fingerprint density at radius 3 is 2.95 bits per heavy atom. The van der Waals surface area contributed by atoms with E-state index in [2.05, 4.69) is 29.1 Å². The van der Waals surface area contributed by atoms with E-state index in [1.54, 1.807) is 17.4 Å². The third-order valence-corrected chi connectivity index (χ3v) is 4.23. The minimum Gasteiger partial charge on any atom is -0.459 e. The Bertz CT molecular complexity index is 705. The van der Waals surface area contributed by atoms with E-state index < -0.39 is 0 Å². The summed E-state index contributed by atoms with van der Waals surface area (Å²) >= 11 is 1.70. The number of fused-ring (bicyclic) bond motifs is 1. The van der Waals surface area contributed by atoms with Gasteiger partial charge in [0.25, 0.3) is 0 Å². The smallest absolute Gasteiger partial charge is 0.134 e. The average molecular weight is 303 g/mol. The lowest BCUT2D eigenvalue weighted by molar-refractivity contribution is 0.428. The van der Waals surface area contributed by atoms with E-state index in [-0.39, 0.29) is 11.9 Å². The number of thiophene rings is 1. The summed E-state index contributed by atoms with van der Waals surface area (Å²) in [4.78, 5) is 0. The highest BCUT2D eigenvalue weighted by molar-refractivity contribution is 7.07. The van der Waals surface area contributed by atoms with Crippen LogP contribution in [0.3, 0.4) is 0 Å². The third-order valence-electron chi connectivity index (χ3n) is 3.50. The third kappa shape index (κ3) is 3.34. The molecule has 1 aromatic carbocycles. The number of rotatable bonds is 6. The number of hydrogen-bond donors (Lipinski definition) is 1. The summed E-state index contributed by atoms with van der Waals surface area (Å²) in [5.74, 6) is 0.640. The van der Waals surface area contributed by atoms with Gasteiger partial charge in [-0.25, -0.2) is 4.39 Å². The van der Waals surface area contributed by atoms with Gasteiger partial charge in [0.2, 0.25) is 0 Å². The first-order valence-corrected chi connectivity index (χ1v) is 8.14. The highest BCUT2D eigenvalue weighted by atomic mass is 32.1. The summed E-state index contributed by atoms with van der Waals surface area (Å²) in [6.07, 6.45) is 1.95. The van der Waals surface area contributed by atoms with Gasteiger partial charge in [0.15, 0.2) is 0 Å². The van der Waals surface area contributed by atoms with Crippen LogP contribution in [0.1, 0.15) is 30.7 Å². The van der Waals surface area contributed by atoms with Crippen molar-refractivity contribution in [2.45, 2.75) is 25.8 Å². The molecule has 3 rings (SSSR count). The summed E-state index contributed by atoms with van der Waals surface area (Å²) in [6.45, 7) is 3.07. The van der Waals surface area contributed by atoms with Crippen LogP contribution >= 0.6 is 11.3 Å². The van der Waals surface area contributed by atoms with E-state index in [1.807, 2.05) is 6.07 Å². The van der Waals surface area contributed by atoms with E-state index in [1.165, 1.54) is 17.7 Å². The fourth-order valence-corrected chi connectivity index (χ4v) is 3.12. The van der Waals surface area contributed by atoms with Crippen LogP contribution in [-0.2, 0) is 6.42 Å². The van der Waals surface area contributed by atoms with Crippen LogP contribution in [0.4, 0.5) is 4.39 Å². The van der Waals surface area contributed by atoms with Crippen LogP contribution in [0.5, 0.6) is 0 Å². The molecule has 0 bridgehead atoms. The van der Waals surface area contributed by atoms with Gasteiger partial charge in [-0.15, -0.1) is 0 Å². The molecule has 0 radical (unpaired) electrons. The standard InChI is InChI=1S/C17H18FNOS/c1-2-6-19-15(8-12-5-7-21-11-12)17-10-13-9-14(18)3-4-16(13)20-17/h3-5,7,9-11,15,19H,2,6,8H2,1H3. The van der Waals surface area contributed by atoms with Gasteiger partial charge in [-0.05, 0) is 66.0 Å². The quantitative estimate of drug-likeness (QED) is 0.699. The monoisotopic (exact) mass is 303 g/mol. The molecule has 3 aromatic rings. The number of furan rings is 1. The summed E-state index contributed by atoms with van der Waals surface area (Å²) < 4.78 is 19.2. The fraction of sp³-hybridized carbons (Fsp3) is 0.294. The van der Waals surface area contributed by atoms with Crippen molar-refractivity contribution >= 4 is 22.3 Å². The van der Waals surface area contributed by atoms with Gasteiger partial charge in [0.05, 0.1) is 6.04 Å². The molecule has 1 atom stereocenters. The maximum absolute atomic E-state index is 13.3. The molecule has 2 nitrogen and oxygen atoms in total. The molecule has 0 saturated carbocycles. The van der Waals surface area contributed by atoms with E-state index in [0.29, 0.717) is 0 Å². The Hall–Kier alpha value is -1.65. The zero-order valence-electron chi connectivity index (χ0n) is 11.9. The lowest BCUT2D eigenvalue weighted by Gasteiger charge is -2.15. The number of nitrogens with one attached hydrogen (secondary N) is 1. The van der Waals surface area contributed by atoms with E-state index >= 15 is 0 Å². The Kier molecular flexibility index (Phi) is 4.36. The van der Waals surface area contributed by atoms with Gasteiger partial charge >= 0.3 is 0 Å². The van der Waals surface area contributed by atoms with Gasteiger partial charge in [-0.3, -0.25) is 0 Å². The highest BCUT2D eigenvalue weighted by Gasteiger charge is 2.17. The van der Waals surface area contributed by atoms with Crippen molar-refractivity contribution in [2.24, 2.45) is 0 Å². The van der Waals surface area contributed by atoms with Crippen LogP contribution < -0.4 is 5.32 Å². The van der Waals surface area contributed by atoms with Gasteiger partial charge in [-0.1, -0.05) is 6.92 Å². The SMILES string of the molecule is CCCNC(Cc1ccsc1)c1cc2cc(F)ccc2o1. The van der Waals surface area contributed by atoms with Crippen molar-refractivity contribution in [3.8, 4) is 0 Å². The number of benzene rings is 1. The highest BCUT2D eigenvalue weighted by Crippen LogP contribution is 2.27. The molecule has 110 valence electrons. The largest absolute Gasteiger partial charge is 0.459 e. The number of hydrogen-bond acceptors (Lipinski definition) is 3. The summed E-state index contributed by atoms with van der Waals surface area (Å²) in [6, 6.07) is 8.84. The van der Waals surface area contributed by atoms with E-state index in [0.717, 1.165) is 36.1 Å². The van der Waals surface area contributed by atoms with E-state index in [9.17, 15) is 4.39 Å². The second-order valence-electron chi connectivity index (χ2n) is 5.17. The Morgan fingerprint density at radius 1 is 1.29 bits per heavy atom. The Balaban J connectivity index is 1.89. The molecule has 0 aliphatic heterocycles. The molecule has 0 aliphatic rings.